The molecule has 1 amide bonds. The number of benzene rings is 1. The molecule has 0 spiro atoms. The Morgan fingerprint density at radius 1 is 1.39 bits per heavy atom. The molecule has 2 rings (SSSR count). The summed E-state index contributed by atoms with van der Waals surface area (Å²) in [6, 6.07) is 11.5. The molecule has 0 aliphatic carbocycles. The maximum Gasteiger partial charge on any atom is 0.414 e. The van der Waals surface area contributed by atoms with E-state index in [1.165, 1.54) is 4.90 Å². The zero-order valence-corrected chi connectivity index (χ0v) is 9.74. The molecule has 4 nitrogen and oxygen atoms in total. The lowest BCUT2D eigenvalue weighted by Gasteiger charge is -2.19. The van der Waals surface area contributed by atoms with Gasteiger partial charge >= 0.3 is 6.09 Å². The van der Waals surface area contributed by atoms with Crippen molar-refractivity contribution in [2.45, 2.75) is 6.61 Å². The van der Waals surface area contributed by atoms with E-state index in [4.69, 9.17) is 10.00 Å². The van der Waals surface area contributed by atoms with Gasteiger partial charge in [0.1, 0.15) is 6.61 Å². The molecule has 0 saturated heterocycles. The summed E-state index contributed by atoms with van der Waals surface area (Å²) >= 11 is 0. The number of rotatable bonds is 2. The summed E-state index contributed by atoms with van der Waals surface area (Å²) in [6.45, 7) is 0.496. The topological polar surface area (TPSA) is 53.3 Å². The van der Waals surface area contributed by atoms with Gasteiger partial charge in [-0.05, 0) is 17.7 Å². The van der Waals surface area contributed by atoms with Gasteiger partial charge in [-0.2, -0.15) is 5.26 Å². The molecule has 0 radical (unpaired) electrons. The van der Waals surface area contributed by atoms with Crippen LogP contribution in [0, 0.1) is 11.3 Å². The number of nitriles is 1. The third kappa shape index (κ3) is 2.98. The van der Waals surface area contributed by atoms with Gasteiger partial charge in [-0.1, -0.05) is 30.3 Å². The molecule has 0 saturated carbocycles. The van der Waals surface area contributed by atoms with Crippen LogP contribution in [0.25, 0.3) is 0 Å². The number of ether oxygens (including phenoxy) is 1. The van der Waals surface area contributed by atoms with Gasteiger partial charge in [-0.15, -0.1) is 0 Å². The van der Waals surface area contributed by atoms with Crippen molar-refractivity contribution >= 4 is 6.09 Å². The van der Waals surface area contributed by atoms with Gasteiger partial charge in [0.25, 0.3) is 0 Å². The Bertz CT molecular complexity index is 526. The van der Waals surface area contributed by atoms with E-state index >= 15 is 0 Å². The molecule has 18 heavy (non-hydrogen) atoms. The van der Waals surface area contributed by atoms with E-state index in [9.17, 15) is 4.79 Å². The molecular formula is C14H12N2O2. The van der Waals surface area contributed by atoms with Crippen LogP contribution >= 0.6 is 0 Å². The minimum atomic E-state index is -0.448. The van der Waals surface area contributed by atoms with E-state index in [-0.39, 0.29) is 13.2 Å². The molecule has 1 aliphatic rings. The normalized spacial score (nSPS) is 13.7. The first kappa shape index (κ1) is 11.9. The molecule has 0 atom stereocenters. The number of carbonyl (C=O) groups is 1. The van der Waals surface area contributed by atoms with E-state index in [0.717, 1.165) is 5.56 Å². The average Bonchev–Trinajstić information content (AvgIpc) is 2.46. The molecule has 0 N–H and O–H groups in total. The lowest BCUT2D eigenvalue weighted by Crippen LogP contribution is -2.29. The summed E-state index contributed by atoms with van der Waals surface area (Å²) in [7, 11) is 0. The first-order valence-electron chi connectivity index (χ1n) is 5.54. The summed E-state index contributed by atoms with van der Waals surface area (Å²) in [4.78, 5) is 13.1. The van der Waals surface area contributed by atoms with E-state index < -0.39 is 6.09 Å². The zero-order chi connectivity index (χ0) is 12.8. The zero-order valence-electron chi connectivity index (χ0n) is 9.74. The molecule has 0 fully saturated rings. The lowest BCUT2D eigenvalue weighted by molar-refractivity contribution is 0.113. The van der Waals surface area contributed by atoms with Crippen LogP contribution in [0.15, 0.2) is 54.3 Å². The first-order chi connectivity index (χ1) is 8.79. The number of hydrogen-bond donors (Lipinski definition) is 0. The van der Waals surface area contributed by atoms with Gasteiger partial charge in [0.2, 0.25) is 0 Å². The van der Waals surface area contributed by atoms with Gasteiger partial charge in [0, 0.05) is 11.8 Å². The van der Waals surface area contributed by atoms with E-state index in [1.54, 1.807) is 18.4 Å². The molecular weight excluding hydrogens is 228 g/mol. The van der Waals surface area contributed by atoms with Crippen molar-refractivity contribution in [1.29, 1.82) is 5.26 Å². The fourth-order valence-corrected chi connectivity index (χ4v) is 1.55. The standard InChI is InChI=1S/C14H12N2O2/c15-9-13-7-4-8-16(10-13)14(17)18-11-12-5-2-1-3-6-12/h1-8H,10-11H2. The highest BCUT2D eigenvalue weighted by Crippen LogP contribution is 2.09. The summed E-state index contributed by atoms with van der Waals surface area (Å²) < 4.78 is 5.16. The number of carbonyl (C=O) groups excluding carboxylic acids is 1. The Morgan fingerprint density at radius 2 is 2.17 bits per heavy atom. The van der Waals surface area contributed by atoms with Crippen molar-refractivity contribution in [3.63, 3.8) is 0 Å². The molecule has 0 aromatic heterocycles. The Labute approximate surface area is 105 Å². The summed E-state index contributed by atoms with van der Waals surface area (Å²) in [5, 5.41) is 8.77. The van der Waals surface area contributed by atoms with Gasteiger partial charge in [-0.25, -0.2) is 4.79 Å². The monoisotopic (exact) mass is 240 g/mol. The van der Waals surface area contributed by atoms with Crippen LogP contribution in [-0.2, 0) is 11.3 Å². The van der Waals surface area contributed by atoms with E-state index in [2.05, 4.69) is 0 Å². The lowest BCUT2D eigenvalue weighted by atomic mass is 10.2. The first-order valence-corrected chi connectivity index (χ1v) is 5.54. The Balaban J connectivity index is 1.88. The minimum absolute atomic E-state index is 0.232. The second kappa shape index (κ2) is 5.69. The molecule has 90 valence electrons. The summed E-state index contributed by atoms with van der Waals surface area (Å²) in [5.74, 6) is 0. The Hall–Kier alpha value is -2.54. The quantitative estimate of drug-likeness (QED) is 0.798. The molecule has 0 bridgehead atoms. The van der Waals surface area contributed by atoms with Crippen LogP contribution < -0.4 is 0 Å². The fourth-order valence-electron chi connectivity index (χ4n) is 1.55. The van der Waals surface area contributed by atoms with Crippen molar-refractivity contribution in [2.75, 3.05) is 6.54 Å². The smallest absolute Gasteiger partial charge is 0.414 e. The molecule has 4 heteroatoms. The maximum atomic E-state index is 11.7. The summed E-state index contributed by atoms with van der Waals surface area (Å²) in [5.41, 5.74) is 1.47. The number of hydrogen-bond acceptors (Lipinski definition) is 3. The van der Waals surface area contributed by atoms with E-state index in [1.807, 2.05) is 36.4 Å². The summed E-state index contributed by atoms with van der Waals surface area (Å²) in [6.07, 6.45) is 4.50. The van der Waals surface area contributed by atoms with Crippen LogP contribution in [0.4, 0.5) is 4.79 Å². The second-order valence-corrected chi connectivity index (χ2v) is 3.81. The number of allylic oxidation sites excluding steroid dienone is 2. The SMILES string of the molecule is N#CC1=CC=CN(C(=O)OCc2ccccc2)C1. The second-order valence-electron chi connectivity index (χ2n) is 3.81. The molecule has 1 aliphatic heterocycles. The van der Waals surface area contributed by atoms with Crippen molar-refractivity contribution in [2.24, 2.45) is 0 Å². The van der Waals surface area contributed by atoms with Gasteiger partial charge in [0.15, 0.2) is 0 Å². The molecule has 1 aromatic carbocycles. The van der Waals surface area contributed by atoms with E-state index in [0.29, 0.717) is 5.57 Å². The van der Waals surface area contributed by atoms with Gasteiger partial charge in [-0.3, -0.25) is 4.90 Å². The highest BCUT2D eigenvalue weighted by molar-refractivity contribution is 5.70. The Kier molecular flexibility index (Phi) is 3.77. The third-order valence-electron chi connectivity index (χ3n) is 2.49. The molecule has 1 heterocycles. The van der Waals surface area contributed by atoms with Crippen LogP contribution in [0.5, 0.6) is 0 Å². The number of nitrogens with zero attached hydrogens (tertiary/aromatic N) is 2. The fraction of sp³-hybridized carbons (Fsp3) is 0.143. The van der Waals surface area contributed by atoms with Crippen LogP contribution in [0.2, 0.25) is 0 Å². The average molecular weight is 240 g/mol. The minimum Gasteiger partial charge on any atom is -0.444 e. The van der Waals surface area contributed by atoms with Crippen LogP contribution in [0.3, 0.4) is 0 Å². The number of amides is 1. The van der Waals surface area contributed by atoms with Crippen molar-refractivity contribution in [1.82, 2.24) is 4.90 Å². The maximum absolute atomic E-state index is 11.7. The molecule has 1 aromatic rings. The molecule has 0 unspecified atom stereocenters. The largest absolute Gasteiger partial charge is 0.444 e. The predicted octanol–water partition coefficient (Wildman–Crippen LogP) is 2.60. The van der Waals surface area contributed by atoms with Gasteiger partial charge < -0.3 is 4.74 Å². The van der Waals surface area contributed by atoms with Crippen LogP contribution in [-0.4, -0.2) is 17.5 Å². The van der Waals surface area contributed by atoms with Crippen molar-refractivity contribution < 1.29 is 9.53 Å². The van der Waals surface area contributed by atoms with Crippen molar-refractivity contribution in [3.8, 4) is 6.07 Å². The highest BCUT2D eigenvalue weighted by atomic mass is 16.6. The highest BCUT2D eigenvalue weighted by Gasteiger charge is 2.16. The predicted molar refractivity (Wildman–Crippen MR) is 66.2 cm³/mol. The van der Waals surface area contributed by atoms with Crippen molar-refractivity contribution in [3.05, 3.63) is 59.8 Å². The van der Waals surface area contributed by atoms with Crippen LogP contribution in [0.1, 0.15) is 5.56 Å². The Morgan fingerprint density at radius 3 is 2.89 bits per heavy atom. The van der Waals surface area contributed by atoms with Gasteiger partial charge in [0.05, 0.1) is 12.6 Å². The third-order valence-corrected chi connectivity index (χ3v) is 2.49.